The molecule has 2 heterocycles. The Morgan fingerprint density at radius 1 is 1.13 bits per heavy atom. The molecule has 30 heavy (non-hydrogen) atoms. The molecule has 7 heteroatoms. The number of rotatable bonds is 7. The molecule has 2 aromatic carbocycles. The van der Waals surface area contributed by atoms with Crippen molar-refractivity contribution in [1.82, 2.24) is 14.5 Å². The standard InChI is InChI=1S/C23H24N3O4/c1-4-15-5-8-20-21(11-15)30-23(29-20)22(16-6-7-18(27)19(28)12-16)26-13-17(24-14-26)9-10-25(2)3/h1,4-8,11-14,22-23,27-28H,9-10H2,2-3H3. The summed E-state index contributed by atoms with van der Waals surface area (Å²) in [6, 6.07) is 9.73. The molecule has 1 aromatic heterocycles. The van der Waals surface area contributed by atoms with Crippen LogP contribution in [-0.4, -0.2) is 51.6 Å². The third-order valence-corrected chi connectivity index (χ3v) is 5.04. The van der Waals surface area contributed by atoms with Gasteiger partial charge in [0.2, 0.25) is 0 Å². The zero-order valence-electron chi connectivity index (χ0n) is 16.9. The molecule has 2 unspecified atom stereocenters. The van der Waals surface area contributed by atoms with Crippen molar-refractivity contribution in [3.63, 3.8) is 0 Å². The normalized spacial score (nSPS) is 16.0. The topological polar surface area (TPSA) is 80.0 Å². The largest absolute Gasteiger partial charge is 0.504 e. The van der Waals surface area contributed by atoms with E-state index in [1.807, 2.05) is 43.1 Å². The van der Waals surface area contributed by atoms with Gasteiger partial charge in [0.15, 0.2) is 23.0 Å². The number of nitrogens with zero attached hydrogens (tertiary/aromatic N) is 3. The van der Waals surface area contributed by atoms with Crippen molar-refractivity contribution >= 4 is 6.08 Å². The maximum Gasteiger partial charge on any atom is 0.266 e. The van der Waals surface area contributed by atoms with E-state index in [9.17, 15) is 10.2 Å². The van der Waals surface area contributed by atoms with Gasteiger partial charge in [0.05, 0.1) is 12.0 Å². The molecule has 1 aliphatic rings. The number of aromatic nitrogens is 2. The first kappa shape index (κ1) is 19.8. The predicted octanol–water partition coefficient (Wildman–Crippen LogP) is 3.23. The van der Waals surface area contributed by atoms with Crippen LogP contribution in [0.15, 0.2) is 48.9 Å². The van der Waals surface area contributed by atoms with Crippen LogP contribution in [-0.2, 0) is 6.42 Å². The molecule has 2 atom stereocenters. The van der Waals surface area contributed by atoms with Crippen LogP contribution in [0.1, 0.15) is 22.9 Å². The van der Waals surface area contributed by atoms with Crippen LogP contribution in [0.25, 0.3) is 6.08 Å². The molecule has 7 nitrogen and oxygen atoms in total. The molecule has 0 aliphatic carbocycles. The Balaban J connectivity index is 1.68. The molecule has 0 saturated carbocycles. The van der Waals surface area contributed by atoms with Gasteiger partial charge in [-0.2, -0.15) is 0 Å². The summed E-state index contributed by atoms with van der Waals surface area (Å²) >= 11 is 0. The molecular formula is C23H24N3O4. The first-order valence-electron chi connectivity index (χ1n) is 9.66. The van der Waals surface area contributed by atoms with Crippen molar-refractivity contribution in [1.29, 1.82) is 0 Å². The van der Waals surface area contributed by atoms with Gasteiger partial charge in [-0.1, -0.05) is 24.8 Å². The number of likely N-dealkylation sites (N-methyl/N-ethyl adjacent to an activating group) is 1. The molecule has 1 aliphatic heterocycles. The average molecular weight is 406 g/mol. The number of ether oxygens (including phenoxy) is 2. The number of phenolic OH excluding ortho intramolecular Hbond substituents is 2. The van der Waals surface area contributed by atoms with Crippen LogP contribution >= 0.6 is 0 Å². The minimum Gasteiger partial charge on any atom is -0.504 e. The van der Waals surface area contributed by atoms with Gasteiger partial charge in [-0.3, -0.25) is 0 Å². The smallest absolute Gasteiger partial charge is 0.266 e. The zero-order chi connectivity index (χ0) is 21.3. The van der Waals surface area contributed by atoms with Crippen LogP contribution in [0, 0.1) is 6.58 Å². The Labute approximate surface area is 175 Å². The number of fused-ring (bicyclic) bond motifs is 1. The van der Waals surface area contributed by atoms with Gasteiger partial charge in [0.1, 0.15) is 6.04 Å². The molecule has 4 rings (SSSR count). The fourth-order valence-corrected chi connectivity index (χ4v) is 3.41. The van der Waals surface area contributed by atoms with Crippen molar-refractivity contribution in [2.24, 2.45) is 0 Å². The van der Waals surface area contributed by atoms with Gasteiger partial charge >= 0.3 is 0 Å². The first-order valence-corrected chi connectivity index (χ1v) is 9.66. The third kappa shape index (κ3) is 3.97. The second kappa shape index (κ2) is 8.12. The van der Waals surface area contributed by atoms with E-state index in [-0.39, 0.29) is 11.5 Å². The number of hydrogen-bond acceptors (Lipinski definition) is 6. The van der Waals surface area contributed by atoms with Crippen LogP contribution < -0.4 is 9.47 Å². The first-order chi connectivity index (χ1) is 14.4. The maximum absolute atomic E-state index is 10.1. The highest BCUT2D eigenvalue weighted by Gasteiger charge is 2.35. The van der Waals surface area contributed by atoms with E-state index in [0.29, 0.717) is 17.1 Å². The van der Waals surface area contributed by atoms with Crippen molar-refractivity contribution in [3.8, 4) is 23.0 Å². The summed E-state index contributed by atoms with van der Waals surface area (Å²) in [5.74, 6) is 0.821. The quantitative estimate of drug-likeness (QED) is 0.587. The lowest BCUT2D eigenvalue weighted by Gasteiger charge is -2.24. The summed E-state index contributed by atoms with van der Waals surface area (Å²) in [4.78, 5) is 6.61. The molecule has 2 N–H and O–H groups in total. The number of imidazole rings is 1. The monoisotopic (exact) mass is 406 g/mol. The molecular weight excluding hydrogens is 382 g/mol. The number of benzene rings is 2. The second-order valence-corrected chi connectivity index (χ2v) is 7.54. The molecule has 0 bridgehead atoms. The van der Waals surface area contributed by atoms with Gasteiger partial charge in [-0.25, -0.2) is 4.98 Å². The lowest BCUT2D eigenvalue weighted by Crippen LogP contribution is -2.31. The summed E-state index contributed by atoms with van der Waals surface area (Å²) in [6.07, 6.45) is 5.30. The SMILES string of the molecule is [CH]=Cc1ccc2c(c1)OC(C(c1ccc(O)c(O)c1)n1cnc(CCN(C)C)c1)O2. The molecule has 155 valence electrons. The lowest BCUT2D eigenvalue weighted by atomic mass is 10.1. The second-order valence-electron chi connectivity index (χ2n) is 7.54. The Morgan fingerprint density at radius 2 is 1.93 bits per heavy atom. The Morgan fingerprint density at radius 3 is 2.67 bits per heavy atom. The zero-order valence-corrected chi connectivity index (χ0v) is 16.9. The summed E-state index contributed by atoms with van der Waals surface area (Å²) in [7, 11) is 4.03. The fraction of sp³-hybridized carbons (Fsp3) is 0.261. The van der Waals surface area contributed by atoms with E-state index in [1.54, 1.807) is 12.4 Å². The predicted molar refractivity (Wildman–Crippen MR) is 113 cm³/mol. The summed E-state index contributed by atoms with van der Waals surface area (Å²) in [5, 5.41) is 19.8. The van der Waals surface area contributed by atoms with Gasteiger partial charge in [-0.15, -0.1) is 0 Å². The van der Waals surface area contributed by atoms with E-state index in [1.165, 1.54) is 18.2 Å². The van der Waals surface area contributed by atoms with Crippen LogP contribution in [0.2, 0.25) is 0 Å². The Hall–Kier alpha value is -3.45. The van der Waals surface area contributed by atoms with Gasteiger partial charge < -0.3 is 29.2 Å². The lowest BCUT2D eigenvalue weighted by molar-refractivity contribution is 0.0148. The summed E-state index contributed by atoms with van der Waals surface area (Å²) < 4.78 is 14.1. The summed E-state index contributed by atoms with van der Waals surface area (Å²) in [6.45, 7) is 6.49. The van der Waals surface area contributed by atoms with Crippen LogP contribution in [0.4, 0.5) is 0 Å². The van der Waals surface area contributed by atoms with E-state index < -0.39 is 12.3 Å². The minimum absolute atomic E-state index is 0.186. The van der Waals surface area contributed by atoms with Crippen molar-refractivity contribution in [2.75, 3.05) is 20.6 Å². The Bertz CT molecular complexity index is 1060. The van der Waals surface area contributed by atoms with E-state index >= 15 is 0 Å². The highest BCUT2D eigenvalue weighted by Crippen LogP contribution is 2.41. The van der Waals surface area contributed by atoms with Crippen molar-refractivity contribution in [3.05, 3.63) is 72.3 Å². The minimum atomic E-state index is -0.687. The van der Waals surface area contributed by atoms with Gasteiger partial charge in [-0.05, 0) is 49.5 Å². The number of hydrogen-bond donors (Lipinski definition) is 2. The van der Waals surface area contributed by atoms with E-state index in [2.05, 4.69) is 9.88 Å². The molecule has 1 radical (unpaired) electrons. The van der Waals surface area contributed by atoms with E-state index in [0.717, 1.165) is 24.2 Å². The number of aromatic hydroxyl groups is 2. The van der Waals surface area contributed by atoms with Crippen molar-refractivity contribution in [2.45, 2.75) is 18.8 Å². The Kier molecular flexibility index (Phi) is 5.37. The summed E-state index contributed by atoms with van der Waals surface area (Å²) in [5.41, 5.74) is 2.47. The molecule has 0 spiro atoms. The van der Waals surface area contributed by atoms with Crippen molar-refractivity contribution < 1.29 is 19.7 Å². The third-order valence-electron chi connectivity index (χ3n) is 5.04. The highest BCUT2D eigenvalue weighted by atomic mass is 16.7. The van der Waals surface area contributed by atoms with Gasteiger partial charge in [0, 0.05) is 19.2 Å². The molecule has 0 amide bonds. The van der Waals surface area contributed by atoms with Gasteiger partial charge in [0.25, 0.3) is 6.29 Å². The van der Waals surface area contributed by atoms with E-state index in [4.69, 9.17) is 16.1 Å². The maximum atomic E-state index is 10.1. The molecule has 0 saturated heterocycles. The fourth-order valence-electron chi connectivity index (χ4n) is 3.41. The van der Waals surface area contributed by atoms with Crippen LogP contribution in [0.3, 0.4) is 0 Å². The molecule has 0 fully saturated rings. The molecule has 3 aromatic rings. The average Bonchev–Trinajstić information content (AvgIpc) is 3.35. The van der Waals surface area contributed by atoms with Crippen LogP contribution in [0.5, 0.6) is 23.0 Å². The highest BCUT2D eigenvalue weighted by molar-refractivity contribution is 5.55. The number of phenols is 2.